The molecule has 2 atom stereocenters. The van der Waals surface area contributed by atoms with Crippen LogP contribution in [0, 0.1) is 0 Å². The summed E-state index contributed by atoms with van der Waals surface area (Å²) in [7, 11) is 0. The zero-order valence-corrected chi connectivity index (χ0v) is 35.9. The van der Waals surface area contributed by atoms with Gasteiger partial charge in [0, 0.05) is 24.5 Å². The predicted molar refractivity (Wildman–Crippen MR) is 238 cm³/mol. The molecule has 6 aromatic carbocycles. The van der Waals surface area contributed by atoms with Crippen molar-refractivity contribution in [3.8, 4) is 0 Å². The number of ether oxygens (including phenoxy) is 1. The fourth-order valence-electron chi connectivity index (χ4n) is 5.21. The molecule has 2 unspecified atom stereocenters. The molecular formula is C40H37N4O2P3S5. The number of carbonyl (C=O) groups excluding carboxylic acids is 1. The van der Waals surface area contributed by atoms with Crippen LogP contribution in [-0.2, 0) is 9.53 Å². The molecule has 6 nitrogen and oxygen atoms in total. The first-order valence-corrected chi connectivity index (χ1v) is 29.3. The number of carbonyl (C=O) groups is 1. The largest absolute Gasteiger partial charge is 0.465 e. The molecule has 1 aliphatic heterocycles. The summed E-state index contributed by atoms with van der Waals surface area (Å²) in [6, 6.07) is 60.9. The van der Waals surface area contributed by atoms with E-state index in [4.69, 9.17) is 18.3 Å². The van der Waals surface area contributed by atoms with Gasteiger partial charge >= 0.3 is 5.97 Å². The number of nitrogens with zero attached hydrogens (tertiary/aromatic N) is 3. The molecule has 6 aromatic rings. The second-order valence-corrected chi connectivity index (χ2v) is 32.0. The highest BCUT2D eigenvalue weighted by atomic mass is 33.1. The van der Waals surface area contributed by atoms with Gasteiger partial charge in [0.15, 0.2) is 11.2 Å². The molecule has 0 aromatic heterocycles. The smallest absolute Gasteiger partial charge is 0.328 e. The summed E-state index contributed by atoms with van der Waals surface area (Å²) < 4.78 is 23.8. The summed E-state index contributed by atoms with van der Waals surface area (Å²) in [6.07, 6.45) is 0. The van der Waals surface area contributed by atoms with Gasteiger partial charge in [-0.2, -0.15) is 9.03 Å². The first-order chi connectivity index (χ1) is 26.5. The number of nitrogens with one attached hydrogen (secondary N) is 1. The fourth-order valence-corrected chi connectivity index (χ4v) is 42.2. The van der Waals surface area contributed by atoms with Crippen LogP contribution in [0.1, 0.15) is 18.5 Å². The van der Waals surface area contributed by atoms with Crippen molar-refractivity contribution in [3.63, 3.8) is 0 Å². The number of hydrogen-bond donors (Lipinski definition) is 1. The van der Waals surface area contributed by atoms with Crippen molar-refractivity contribution in [2.45, 2.75) is 37.4 Å². The SMILES string of the molecule is CCOC(=O)C(NP1(Sc2ccccc2)=NP(Sc2ccccc2)(Sc2ccccc2)=NP(Sc2ccccc2)(Sc2ccccc2)=N1)c1ccccc1. The van der Waals surface area contributed by atoms with Crippen LogP contribution in [0.2, 0.25) is 0 Å². The first-order valence-electron chi connectivity index (χ1n) is 17.1. The number of rotatable bonds is 15. The minimum absolute atomic E-state index is 0.250. The Labute approximate surface area is 338 Å². The standard InChI is InChI=1S/C40H37N4O2P3S5/c1-2-46-40(45)39(33-21-9-3-10-22-33)41-47(50-34-23-11-4-12-24-34)42-48(51-35-25-13-5-14-26-35,52-36-27-15-6-16-28-36)44-49(43-47,53-37-29-17-7-18-30-37)54-38-31-19-8-20-32-38/h3-32,39,41H,2H2,1H3. The zero-order valence-electron chi connectivity index (χ0n) is 29.1. The first kappa shape index (κ1) is 39.4. The lowest BCUT2D eigenvalue weighted by Gasteiger charge is -2.36. The average Bonchev–Trinajstić information content (AvgIpc) is 3.19. The van der Waals surface area contributed by atoms with Crippen molar-refractivity contribution in [2.75, 3.05) is 6.61 Å². The summed E-state index contributed by atoms with van der Waals surface area (Å²) in [5.74, 6) is -0.365. The number of esters is 1. The molecule has 1 heterocycles. The molecule has 7 rings (SSSR count). The van der Waals surface area contributed by atoms with E-state index in [2.05, 4.69) is 114 Å². The Kier molecular flexibility index (Phi) is 13.8. The maximum atomic E-state index is 14.1. The van der Waals surface area contributed by atoms with Crippen molar-refractivity contribution < 1.29 is 9.53 Å². The molecule has 0 saturated heterocycles. The molecule has 1 aliphatic rings. The highest BCUT2D eigenvalue weighted by molar-refractivity contribution is 8.96. The Morgan fingerprint density at radius 3 is 1.20 bits per heavy atom. The van der Waals surface area contributed by atoms with Crippen molar-refractivity contribution in [1.82, 2.24) is 5.09 Å². The van der Waals surface area contributed by atoms with E-state index in [1.807, 2.05) is 79.7 Å². The Morgan fingerprint density at radius 2 is 0.833 bits per heavy atom. The third kappa shape index (κ3) is 10.5. The molecule has 0 amide bonds. The van der Waals surface area contributed by atoms with Crippen LogP contribution in [-0.4, -0.2) is 12.6 Å². The van der Waals surface area contributed by atoms with Gasteiger partial charge in [-0.25, -0.2) is 14.4 Å². The molecule has 0 spiro atoms. The van der Waals surface area contributed by atoms with Crippen molar-refractivity contribution in [1.29, 1.82) is 0 Å². The highest BCUT2D eigenvalue weighted by Crippen LogP contribution is 2.96. The molecule has 0 fully saturated rings. The molecule has 14 heteroatoms. The Hall–Kier alpha value is -2.81. The molecule has 0 bridgehead atoms. The third-order valence-electron chi connectivity index (χ3n) is 7.49. The van der Waals surface area contributed by atoms with E-state index >= 15 is 0 Å². The van der Waals surface area contributed by atoms with E-state index in [1.165, 1.54) is 0 Å². The second-order valence-electron chi connectivity index (χ2n) is 11.5. The maximum absolute atomic E-state index is 14.1. The summed E-state index contributed by atoms with van der Waals surface area (Å²) in [5, 5.41) is 3.88. The summed E-state index contributed by atoms with van der Waals surface area (Å²) >= 11 is 8.52. The van der Waals surface area contributed by atoms with Crippen molar-refractivity contribution in [2.24, 2.45) is 13.5 Å². The van der Waals surface area contributed by atoms with E-state index in [0.29, 0.717) is 0 Å². The molecule has 274 valence electrons. The van der Waals surface area contributed by atoms with Gasteiger partial charge < -0.3 is 4.74 Å². The fraction of sp³-hybridized carbons (Fsp3) is 0.0750. The van der Waals surface area contributed by atoms with Crippen LogP contribution in [0.5, 0.6) is 0 Å². The lowest BCUT2D eigenvalue weighted by molar-refractivity contribution is -0.145. The zero-order chi connectivity index (χ0) is 37.1. The molecule has 0 radical (unpaired) electrons. The van der Waals surface area contributed by atoms with Gasteiger partial charge in [0.2, 0.25) is 6.56 Å². The molecule has 1 N–H and O–H groups in total. The van der Waals surface area contributed by atoms with Crippen LogP contribution in [0.25, 0.3) is 0 Å². The monoisotopic (exact) mass is 858 g/mol. The topological polar surface area (TPSA) is 75.4 Å². The van der Waals surface area contributed by atoms with Gasteiger partial charge in [-0.15, -0.1) is 0 Å². The Morgan fingerprint density at radius 1 is 0.500 bits per heavy atom. The third-order valence-corrected chi connectivity index (χ3v) is 33.6. The summed E-state index contributed by atoms with van der Waals surface area (Å²) in [4.78, 5) is 19.4. The van der Waals surface area contributed by atoms with E-state index in [9.17, 15) is 4.79 Å². The Bertz CT molecular complexity index is 2130. The van der Waals surface area contributed by atoms with E-state index in [-0.39, 0.29) is 12.6 Å². The minimum Gasteiger partial charge on any atom is -0.465 e. The van der Waals surface area contributed by atoms with Crippen molar-refractivity contribution in [3.05, 3.63) is 188 Å². The summed E-state index contributed by atoms with van der Waals surface area (Å²) in [6.45, 7) is -1.08. The molecule has 0 saturated carbocycles. The van der Waals surface area contributed by atoms with Crippen LogP contribution in [0.3, 0.4) is 0 Å². The summed E-state index contributed by atoms with van der Waals surface area (Å²) in [5.41, 5.74) is -4.95. The molecule has 0 aliphatic carbocycles. The average molecular weight is 859 g/mol. The quantitative estimate of drug-likeness (QED) is 0.0808. The predicted octanol–water partition coefficient (Wildman–Crippen LogP) is 15.7. The van der Waals surface area contributed by atoms with Crippen LogP contribution in [0.15, 0.2) is 220 Å². The second kappa shape index (κ2) is 18.9. The van der Waals surface area contributed by atoms with Crippen LogP contribution in [0.4, 0.5) is 0 Å². The number of benzene rings is 6. The van der Waals surface area contributed by atoms with E-state index < -0.39 is 23.8 Å². The van der Waals surface area contributed by atoms with Gasteiger partial charge in [0.1, 0.15) is 6.04 Å². The molecular weight excluding hydrogens is 822 g/mol. The van der Waals surface area contributed by atoms with Gasteiger partial charge in [-0.3, -0.25) is 0 Å². The molecule has 54 heavy (non-hydrogen) atoms. The van der Waals surface area contributed by atoms with Crippen LogP contribution < -0.4 is 5.09 Å². The van der Waals surface area contributed by atoms with E-state index in [0.717, 1.165) is 30.0 Å². The Balaban J connectivity index is 1.57. The normalized spacial score (nSPS) is 17.6. The van der Waals surface area contributed by atoms with E-state index in [1.54, 1.807) is 56.9 Å². The van der Waals surface area contributed by atoms with Crippen molar-refractivity contribution >= 4 is 80.7 Å². The van der Waals surface area contributed by atoms with Gasteiger partial charge in [-0.05, 0) is 130 Å². The maximum Gasteiger partial charge on any atom is 0.328 e. The van der Waals surface area contributed by atoms with Gasteiger partial charge in [-0.1, -0.05) is 121 Å². The van der Waals surface area contributed by atoms with Gasteiger partial charge in [0.25, 0.3) is 0 Å². The number of hydrogen-bond acceptors (Lipinski definition) is 11. The highest BCUT2D eigenvalue weighted by Gasteiger charge is 2.43. The van der Waals surface area contributed by atoms with Crippen LogP contribution >= 0.6 is 74.7 Å². The minimum atomic E-state index is -3.16. The van der Waals surface area contributed by atoms with Gasteiger partial charge in [0.05, 0.1) is 6.61 Å². The lowest BCUT2D eigenvalue weighted by atomic mass is 10.1. The lowest BCUT2D eigenvalue weighted by Crippen LogP contribution is -2.27.